The van der Waals surface area contributed by atoms with Gasteiger partial charge in [-0.05, 0) is 127 Å². The molecule has 0 saturated carbocycles. The summed E-state index contributed by atoms with van der Waals surface area (Å²) in [6.07, 6.45) is 0. The van der Waals surface area contributed by atoms with Gasteiger partial charge in [0.25, 0.3) is 0 Å². The lowest BCUT2D eigenvalue weighted by Gasteiger charge is -2.28. The highest BCUT2D eigenvalue weighted by Gasteiger charge is 2.24. The zero-order chi connectivity index (χ0) is 46.5. The van der Waals surface area contributed by atoms with Crippen LogP contribution in [0.4, 0.5) is 34.1 Å². The van der Waals surface area contributed by atoms with Crippen LogP contribution in [0.3, 0.4) is 0 Å². The number of fused-ring (bicyclic) bond motifs is 10. The molecule has 10 rings (SSSR count). The van der Waals surface area contributed by atoms with Crippen molar-refractivity contribution in [1.82, 2.24) is 0 Å². The topological polar surface area (TPSA) is 6.48 Å². The number of hydrogen-bond donors (Lipinski definition) is 0. The van der Waals surface area contributed by atoms with Crippen molar-refractivity contribution in [2.75, 3.05) is 9.80 Å². The summed E-state index contributed by atoms with van der Waals surface area (Å²) in [5.41, 5.74) is 12.6. The van der Waals surface area contributed by atoms with E-state index in [0.29, 0.717) is 0 Å². The first kappa shape index (κ1) is 43.9. The van der Waals surface area contributed by atoms with Gasteiger partial charge in [0.05, 0.1) is 9.40 Å². The Morgan fingerprint density at radius 2 is 0.545 bits per heavy atom. The van der Waals surface area contributed by atoms with Crippen LogP contribution in [0.15, 0.2) is 158 Å². The van der Waals surface area contributed by atoms with Crippen molar-refractivity contribution in [3.8, 4) is 0 Å². The molecule has 332 valence electrons. The van der Waals surface area contributed by atoms with Crippen molar-refractivity contribution >= 4 is 108 Å². The average molecular weight is 899 g/mol. The van der Waals surface area contributed by atoms with E-state index in [2.05, 4.69) is 251 Å². The lowest BCUT2D eigenvalue weighted by Crippen LogP contribution is -2.14. The lowest BCUT2D eigenvalue weighted by atomic mass is 9.86. The summed E-state index contributed by atoms with van der Waals surface area (Å²) in [5.74, 6) is 0. The summed E-state index contributed by atoms with van der Waals surface area (Å²) < 4.78 is 5.32. The van der Waals surface area contributed by atoms with Crippen LogP contribution in [0.5, 0.6) is 0 Å². The predicted molar refractivity (Wildman–Crippen MR) is 294 cm³/mol. The van der Waals surface area contributed by atoms with Gasteiger partial charge in [0, 0.05) is 65.1 Å². The molecule has 0 spiro atoms. The highest BCUT2D eigenvalue weighted by molar-refractivity contribution is 7.33. The van der Waals surface area contributed by atoms with E-state index in [1.54, 1.807) is 0 Å². The van der Waals surface area contributed by atoms with Crippen LogP contribution < -0.4 is 9.80 Å². The Hall–Kier alpha value is -5.94. The van der Waals surface area contributed by atoms with Gasteiger partial charge in [-0.25, -0.2) is 0 Å². The van der Waals surface area contributed by atoms with E-state index in [0.717, 1.165) is 34.1 Å². The van der Waals surface area contributed by atoms with E-state index in [1.807, 2.05) is 22.7 Å². The molecular formula is C62H62N2S2. The maximum atomic E-state index is 2.43. The van der Waals surface area contributed by atoms with Crippen LogP contribution >= 0.6 is 22.7 Å². The van der Waals surface area contributed by atoms with Gasteiger partial charge in [-0.2, -0.15) is 0 Å². The second kappa shape index (κ2) is 15.9. The molecule has 0 saturated heterocycles. The fraction of sp³-hybridized carbons (Fsp3) is 0.258. The minimum Gasteiger partial charge on any atom is -0.310 e. The van der Waals surface area contributed by atoms with E-state index >= 15 is 0 Å². The maximum absolute atomic E-state index is 2.43. The Morgan fingerprint density at radius 3 is 0.803 bits per heavy atom. The number of rotatable bonds is 6. The van der Waals surface area contributed by atoms with Gasteiger partial charge in [-0.1, -0.05) is 168 Å². The van der Waals surface area contributed by atoms with Crippen LogP contribution in [0.1, 0.15) is 105 Å². The average Bonchev–Trinajstić information content (AvgIpc) is 3.85. The number of thiophene rings is 2. The molecule has 0 bridgehead atoms. The fourth-order valence-corrected chi connectivity index (χ4v) is 12.2. The second-order valence-corrected chi connectivity index (χ2v) is 24.5. The molecule has 10 aromatic rings. The predicted octanol–water partition coefficient (Wildman–Crippen LogP) is 19.7. The summed E-state index contributed by atoms with van der Waals surface area (Å²) in [4.78, 5) is 4.85. The van der Waals surface area contributed by atoms with Gasteiger partial charge in [0.2, 0.25) is 0 Å². The van der Waals surface area contributed by atoms with Crippen LogP contribution in [0.25, 0.3) is 51.1 Å². The Kier molecular flexibility index (Phi) is 10.6. The molecule has 2 nitrogen and oxygen atoms in total. The lowest BCUT2D eigenvalue weighted by molar-refractivity contribution is 0.590. The molecule has 0 atom stereocenters. The van der Waals surface area contributed by atoms with Gasteiger partial charge in [-0.3, -0.25) is 0 Å². The molecule has 4 heteroatoms. The molecule has 8 aromatic carbocycles. The molecule has 2 aromatic heterocycles. The Bertz CT molecular complexity index is 3070. The van der Waals surface area contributed by atoms with E-state index in [-0.39, 0.29) is 21.7 Å². The van der Waals surface area contributed by atoms with E-state index in [1.165, 1.54) is 73.4 Å². The summed E-state index contributed by atoms with van der Waals surface area (Å²) in [7, 11) is 0. The summed E-state index contributed by atoms with van der Waals surface area (Å²) in [5, 5.41) is 7.96. The van der Waals surface area contributed by atoms with Crippen molar-refractivity contribution in [3.05, 3.63) is 180 Å². The van der Waals surface area contributed by atoms with E-state index in [4.69, 9.17) is 0 Å². The molecule has 0 aliphatic rings. The third-order valence-corrected chi connectivity index (χ3v) is 16.0. The first-order valence-corrected chi connectivity index (χ1v) is 25.1. The highest BCUT2D eigenvalue weighted by atomic mass is 32.1. The van der Waals surface area contributed by atoms with Gasteiger partial charge < -0.3 is 9.80 Å². The van der Waals surface area contributed by atoms with Crippen molar-refractivity contribution in [2.24, 2.45) is 0 Å². The zero-order valence-corrected chi connectivity index (χ0v) is 42.4. The van der Waals surface area contributed by atoms with Crippen LogP contribution in [0.2, 0.25) is 0 Å². The van der Waals surface area contributed by atoms with E-state index in [9.17, 15) is 0 Å². The zero-order valence-electron chi connectivity index (χ0n) is 40.7. The van der Waals surface area contributed by atoms with Crippen molar-refractivity contribution in [2.45, 2.75) is 105 Å². The smallest absolute Gasteiger partial charge is 0.0540 e. The molecule has 0 radical (unpaired) electrons. The normalized spacial score (nSPS) is 12.8. The SMILES string of the molecule is CC(C)(C)c1ccc(N(c2ccc(C(C)(C)C)cc2)c2ccc3c(c2)sc2c4sc5cc(N(c6ccc(C(C)(C)C)cc6)c6ccc(C(C)(C)C)cc6)ccc5c4c4ccccc4c32)cc1. The molecule has 0 unspecified atom stereocenters. The molecule has 0 N–H and O–H groups in total. The molecule has 0 aliphatic heterocycles. The van der Waals surface area contributed by atoms with Crippen LogP contribution in [0, 0.1) is 0 Å². The highest BCUT2D eigenvalue weighted by Crippen LogP contribution is 2.51. The third-order valence-electron chi connectivity index (χ3n) is 13.5. The maximum Gasteiger partial charge on any atom is 0.0540 e. The number of hydrogen-bond acceptors (Lipinski definition) is 4. The van der Waals surface area contributed by atoms with Gasteiger partial charge in [0.1, 0.15) is 0 Å². The minimum atomic E-state index is 0.0755. The summed E-state index contributed by atoms with van der Waals surface area (Å²) in [6.45, 7) is 27.4. The van der Waals surface area contributed by atoms with Crippen LogP contribution in [-0.4, -0.2) is 0 Å². The largest absolute Gasteiger partial charge is 0.310 e. The fourth-order valence-electron chi connectivity index (χ4n) is 9.56. The Labute approximate surface area is 400 Å². The number of nitrogens with zero attached hydrogens (tertiary/aromatic N) is 2. The first-order valence-electron chi connectivity index (χ1n) is 23.5. The Balaban J connectivity index is 1.14. The van der Waals surface area contributed by atoms with Gasteiger partial charge >= 0.3 is 0 Å². The van der Waals surface area contributed by atoms with E-state index < -0.39 is 0 Å². The Morgan fingerprint density at radius 1 is 0.288 bits per heavy atom. The monoisotopic (exact) mass is 898 g/mol. The molecule has 0 fully saturated rings. The van der Waals surface area contributed by atoms with Crippen LogP contribution in [-0.2, 0) is 21.7 Å². The number of benzene rings is 8. The standard InChI is InChI=1S/C62H62N2S2/c1-59(2,3)39-17-25-43(26-18-39)63(44-27-19-40(20-28-44)60(4,5)6)47-33-35-51-53(37-47)65-57-55(51)49-15-13-14-16-50(49)56-52-36-34-48(38-54(52)66-58(56)57)64(45-29-21-41(22-30-45)61(7,8)9)46-31-23-42(24-32-46)62(10,11)12/h13-38H,1-12H3. The quantitative estimate of drug-likeness (QED) is 0.164. The molecule has 0 aliphatic carbocycles. The molecular weight excluding hydrogens is 837 g/mol. The first-order chi connectivity index (χ1) is 31.2. The summed E-state index contributed by atoms with van der Waals surface area (Å²) in [6, 6.07) is 60.0. The van der Waals surface area contributed by atoms with Crippen molar-refractivity contribution < 1.29 is 0 Å². The van der Waals surface area contributed by atoms with Gasteiger partial charge in [0.15, 0.2) is 0 Å². The molecule has 0 amide bonds. The minimum absolute atomic E-state index is 0.0755. The summed E-state index contributed by atoms with van der Waals surface area (Å²) >= 11 is 3.88. The van der Waals surface area contributed by atoms with Crippen molar-refractivity contribution in [1.29, 1.82) is 0 Å². The molecule has 66 heavy (non-hydrogen) atoms. The van der Waals surface area contributed by atoms with Gasteiger partial charge in [-0.15, -0.1) is 22.7 Å². The second-order valence-electron chi connectivity index (χ2n) is 22.4. The van der Waals surface area contributed by atoms with Crippen molar-refractivity contribution in [3.63, 3.8) is 0 Å². The number of anilines is 6. The molecule has 2 heterocycles. The third kappa shape index (κ3) is 7.86.